The predicted molar refractivity (Wildman–Crippen MR) is 135 cm³/mol. The summed E-state index contributed by atoms with van der Waals surface area (Å²) in [5.41, 5.74) is 15.3. The summed E-state index contributed by atoms with van der Waals surface area (Å²) in [4.78, 5) is 17.4. The monoisotopic (exact) mass is 471 g/mol. The number of ether oxygens (including phenoxy) is 2. The Hall–Kier alpha value is -2.95. The van der Waals surface area contributed by atoms with Gasteiger partial charge in [0.05, 0.1) is 26.4 Å². The summed E-state index contributed by atoms with van der Waals surface area (Å²) >= 11 is 0. The molecule has 0 atom stereocenters. The highest BCUT2D eigenvalue weighted by molar-refractivity contribution is 5.89. The molecule has 0 bridgehead atoms. The first-order valence-electron chi connectivity index (χ1n) is 11.7. The number of likely N-dealkylation sites (tertiary alicyclic amines) is 1. The van der Waals surface area contributed by atoms with Crippen molar-refractivity contribution in [3.8, 4) is 5.75 Å². The van der Waals surface area contributed by atoms with Gasteiger partial charge in [-0.3, -0.25) is 9.89 Å². The van der Waals surface area contributed by atoms with Gasteiger partial charge in [0.15, 0.2) is 5.82 Å². The van der Waals surface area contributed by atoms with Gasteiger partial charge in [-0.05, 0) is 18.1 Å². The molecule has 186 valence electrons. The SMILES string of the molecule is CCCCN(CCO)c1nc(N)nc(C=NCc2ccc(CN3CC(OC)C3)cc2OC)c1N. The van der Waals surface area contributed by atoms with E-state index in [1.54, 1.807) is 20.4 Å². The van der Waals surface area contributed by atoms with E-state index < -0.39 is 0 Å². The first kappa shape index (κ1) is 25.7. The summed E-state index contributed by atoms with van der Waals surface area (Å²) in [7, 11) is 3.42. The smallest absolute Gasteiger partial charge is 0.222 e. The Balaban J connectivity index is 1.71. The molecule has 0 unspecified atom stereocenters. The molecule has 1 aromatic carbocycles. The summed E-state index contributed by atoms with van der Waals surface area (Å²) < 4.78 is 10.9. The van der Waals surface area contributed by atoms with Crippen molar-refractivity contribution in [1.29, 1.82) is 0 Å². The van der Waals surface area contributed by atoms with E-state index in [-0.39, 0.29) is 12.6 Å². The third kappa shape index (κ3) is 6.55. The molecule has 0 aliphatic carbocycles. The molecule has 34 heavy (non-hydrogen) atoms. The van der Waals surface area contributed by atoms with E-state index in [0.717, 1.165) is 50.3 Å². The Morgan fingerprint density at radius 1 is 1.24 bits per heavy atom. The fourth-order valence-corrected chi connectivity index (χ4v) is 3.93. The second kappa shape index (κ2) is 12.5. The maximum atomic E-state index is 9.45. The average molecular weight is 472 g/mol. The second-order valence-electron chi connectivity index (χ2n) is 8.44. The first-order valence-corrected chi connectivity index (χ1v) is 11.7. The van der Waals surface area contributed by atoms with Gasteiger partial charge in [0, 0.05) is 51.6 Å². The molecule has 0 spiro atoms. The summed E-state index contributed by atoms with van der Waals surface area (Å²) in [6, 6.07) is 6.19. The number of hydrogen-bond acceptors (Lipinski definition) is 10. The number of rotatable bonds is 13. The third-order valence-corrected chi connectivity index (χ3v) is 5.91. The number of nitrogens with zero attached hydrogens (tertiary/aromatic N) is 5. The minimum Gasteiger partial charge on any atom is -0.496 e. The molecule has 0 amide bonds. The minimum atomic E-state index is -0.00298. The lowest BCUT2D eigenvalue weighted by molar-refractivity contribution is -0.0334. The molecule has 10 nitrogen and oxygen atoms in total. The van der Waals surface area contributed by atoms with E-state index >= 15 is 0 Å². The molecule has 1 aromatic heterocycles. The van der Waals surface area contributed by atoms with E-state index in [1.165, 1.54) is 5.56 Å². The van der Waals surface area contributed by atoms with Crippen molar-refractivity contribution >= 4 is 23.7 Å². The summed E-state index contributed by atoms with van der Waals surface area (Å²) in [5, 5.41) is 9.45. The molecule has 2 aromatic rings. The van der Waals surface area contributed by atoms with Crippen LogP contribution in [-0.2, 0) is 17.8 Å². The molecular weight excluding hydrogens is 434 g/mol. The Morgan fingerprint density at radius 2 is 2.03 bits per heavy atom. The van der Waals surface area contributed by atoms with Crippen molar-refractivity contribution in [1.82, 2.24) is 14.9 Å². The number of aliphatic imine (C=N–C) groups is 1. The number of methoxy groups -OCH3 is 2. The van der Waals surface area contributed by atoms with Crippen molar-refractivity contribution in [2.75, 3.05) is 63.4 Å². The van der Waals surface area contributed by atoms with Gasteiger partial charge in [-0.1, -0.05) is 25.5 Å². The number of nitrogen functional groups attached to an aromatic ring is 2. The number of nitrogens with two attached hydrogens (primary N) is 2. The van der Waals surface area contributed by atoms with Crippen LogP contribution in [0.1, 0.15) is 36.6 Å². The van der Waals surface area contributed by atoms with Crippen LogP contribution in [-0.4, -0.2) is 79.3 Å². The quantitative estimate of drug-likeness (QED) is 0.373. The van der Waals surface area contributed by atoms with E-state index in [4.69, 9.17) is 20.9 Å². The third-order valence-electron chi connectivity index (χ3n) is 5.91. The first-order chi connectivity index (χ1) is 16.5. The van der Waals surface area contributed by atoms with Gasteiger partial charge in [0.2, 0.25) is 5.95 Å². The zero-order valence-electron chi connectivity index (χ0n) is 20.4. The lowest BCUT2D eigenvalue weighted by atomic mass is 10.1. The Kier molecular flexibility index (Phi) is 9.43. The predicted octanol–water partition coefficient (Wildman–Crippen LogP) is 1.70. The van der Waals surface area contributed by atoms with Gasteiger partial charge in [0.25, 0.3) is 0 Å². The van der Waals surface area contributed by atoms with Crippen LogP contribution in [0.4, 0.5) is 17.5 Å². The van der Waals surface area contributed by atoms with Crippen molar-refractivity contribution in [3.63, 3.8) is 0 Å². The number of unbranched alkanes of at least 4 members (excludes halogenated alkanes) is 1. The molecule has 2 heterocycles. The summed E-state index contributed by atoms with van der Waals surface area (Å²) in [6.07, 6.45) is 3.92. The summed E-state index contributed by atoms with van der Waals surface area (Å²) in [6.45, 7) is 6.42. The lowest BCUT2D eigenvalue weighted by Crippen LogP contribution is -2.50. The van der Waals surface area contributed by atoms with Crippen LogP contribution in [0, 0.1) is 0 Å². The van der Waals surface area contributed by atoms with Crippen LogP contribution in [0.3, 0.4) is 0 Å². The van der Waals surface area contributed by atoms with Gasteiger partial charge in [-0.15, -0.1) is 0 Å². The number of anilines is 3. The van der Waals surface area contributed by atoms with E-state index in [2.05, 4.69) is 38.9 Å². The molecule has 0 radical (unpaired) electrons. The molecule has 0 saturated carbocycles. The number of aromatic nitrogens is 2. The lowest BCUT2D eigenvalue weighted by Gasteiger charge is -2.38. The fourth-order valence-electron chi connectivity index (χ4n) is 3.93. The van der Waals surface area contributed by atoms with Crippen LogP contribution in [0.15, 0.2) is 23.2 Å². The van der Waals surface area contributed by atoms with Crippen molar-refractivity contribution in [2.45, 2.75) is 39.0 Å². The highest BCUT2D eigenvalue weighted by Gasteiger charge is 2.26. The van der Waals surface area contributed by atoms with Crippen LogP contribution in [0.5, 0.6) is 5.75 Å². The Morgan fingerprint density at radius 3 is 2.71 bits per heavy atom. The Labute approximate surface area is 201 Å². The highest BCUT2D eigenvalue weighted by atomic mass is 16.5. The zero-order chi connectivity index (χ0) is 24.5. The molecule has 10 heteroatoms. The van der Waals surface area contributed by atoms with E-state index in [1.807, 2.05) is 11.0 Å². The van der Waals surface area contributed by atoms with Crippen LogP contribution >= 0.6 is 0 Å². The van der Waals surface area contributed by atoms with Crippen molar-refractivity contribution in [2.24, 2.45) is 4.99 Å². The van der Waals surface area contributed by atoms with Gasteiger partial charge < -0.3 is 30.9 Å². The van der Waals surface area contributed by atoms with Crippen LogP contribution in [0.25, 0.3) is 0 Å². The second-order valence-corrected chi connectivity index (χ2v) is 8.44. The summed E-state index contributed by atoms with van der Waals surface area (Å²) in [5.74, 6) is 1.44. The van der Waals surface area contributed by atoms with Crippen LogP contribution in [0.2, 0.25) is 0 Å². The number of benzene rings is 1. The standard InChI is InChI=1S/C24H37N7O3/c1-4-5-8-31(9-10-32)23-22(25)20(28-24(26)29-23)13-27-12-18-7-6-17(11-21(18)34-3)14-30-15-19(16-30)33-2/h6-7,11,13,19,32H,4-5,8-10,12,14-16,25H2,1-3H3,(H2,26,28,29). The highest BCUT2D eigenvalue weighted by Crippen LogP contribution is 2.26. The molecule has 1 aliphatic rings. The maximum Gasteiger partial charge on any atom is 0.222 e. The van der Waals surface area contributed by atoms with Gasteiger partial charge in [-0.2, -0.15) is 4.98 Å². The van der Waals surface area contributed by atoms with Crippen molar-refractivity contribution in [3.05, 3.63) is 35.0 Å². The minimum absolute atomic E-state index is 0.00298. The maximum absolute atomic E-state index is 9.45. The topological polar surface area (TPSA) is 135 Å². The van der Waals surface area contributed by atoms with E-state index in [9.17, 15) is 5.11 Å². The normalized spacial score (nSPS) is 14.5. The van der Waals surface area contributed by atoms with Crippen molar-refractivity contribution < 1.29 is 14.6 Å². The number of hydrogen-bond donors (Lipinski definition) is 3. The van der Waals surface area contributed by atoms with Gasteiger partial charge in [0.1, 0.15) is 17.1 Å². The molecule has 1 saturated heterocycles. The van der Waals surface area contributed by atoms with E-state index in [0.29, 0.717) is 36.4 Å². The molecule has 1 fully saturated rings. The molecule has 3 rings (SSSR count). The largest absolute Gasteiger partial charge is 0.496 e. The molecule has 5 N–H and O–H groups in total. The average Bonchev–Trinajstić information content (AvgIpc) is 2.81. The molecular formula is C24H37N7O3. The number of aliphatic hydroxyl groups excluding tert-OH is 1. The number of aliphatic hydroxyl groups is 1. The van der Waals surface area contributed by atoms with Crippen LogP contribution < -0.4 is 21.1 Å². The van der Waals surface area contributed by atoms with Gasteiger partial charge in [-0.25, -0.2) is 4.98 Å². The Bertz CT molecular complexity index is 964. The fraction of sp³-hybridized carbons (Fsp3) is 0.542. The van der Waals surface area contributed by atoms with Gasteiger partial charge >= 0.3 is 0 Å². The zero-order valence-corrected chi connectivity index (χ0v) is 20.4. The molecule has 1 aliphatic heterocycles.